The maximum absolute atomic E-state index is 12.8. The number of amides is 3. The van der Waals surface area contributed by atoms with Gasteiger partial charge < -0.3 is 15.5 Å². The first kappa shape index (κ1) is 18.8. The molecule has 3 N–H and O–H groups in total. The van der Waals surface area contributed by atoms with Crippen LogP contribution in [0, 0.1) is 0 Å². The average Bonchev–Trinajstić information content (AvgIpc) is 3.08. The molecule has 3 aliphatic rings. The molecule has 2 aromatic carbocycles. The third-order valence-corrected chi connectivity index (χ3v) is 6.22. The van der Waals surface area contributed by atoms with Crippen molar-refractivity contribution in [2.45, 2.75) is 44.9 Å². The number of hydrogen-bond acceptors (Lipinski definition) is 5. The van der Waals surface area contributed by atoms with Crippen LogP contribution >= 0.6 is 0 Å². The molecule has 2 aromatic rings. The highest BCUT2D eigenvalue weighted by Gasteiger charge is 2.39. The van der Waals surface area contributed by atoms with Crippen LogP contribution in [0.4, 0.5) is 5.69 Å². The predicted molar refractivity (Wildman–Crippen MR) is 112 cm³/mol. The molecule has 0 spiro atoms. The van der Waals surface area contributed by atoms with Crippen molar-refractivity contribution < 1.29 is 14.4 Å². The fourth-order valence-corrected chi connectivity index (χ4v) is 4.61. The summed E-state index contributed by atoms with van der Waals surface area (Å²) in [6.45, 7) is 2.95. The van der Waals surface area contributed by atoms with Crippen molar-refractivity contribution in [3.05, 3.63) is 64.2 Å². The van der Waals surface area contributed by atoms with E-state index in [-0.39, 0.29) is 24.1 Å². The Kier molecular flexibility index (Phi) is 4.75. The average molecular weight is 404 g/mol. The van der Waals surface area contributed by atoms with E-state index < -0.39 is 6.04 Å². The molecule has 0 radical (unpaired) electrons. The molecule has 3 aliphatic heterocycles. The molecule has 7 nitrogen and oxygen atoms in total. The summed E-state index contributed by atoms with van der Waals surface area (Å²) < 4.78 is 0. The molecule has 0 bridgehead atoms. The van der Waals surface area contributed by atoms with E-state index in [1.807, 2.05) is 18.2 Å². The molecule has 5 rings (SSSR count). The molecule has 1 unspecified atom stereocenters. The summed E-state index contributed by atoms with van der Waals surface area (Å²) in [5, 5.41) is 9.30. The molecule has 30 heavy (non-hydrogen) atoms. The first-order valence-electron chi connectivity index (χ1n) is 10.4. The van der Waals surface area contributed by atoms with Gasteiger partial charge in [-0.1, -0.05) is 24.3 Å². The molecule has 1 atom stereocenters. The van der Waals surface area contributed by atoms with Gasteiger partial charge in [0.2, 0.25) is 11.8 Å². The molecule has 3 amide bonds. The molecule has 3 heterocycles. The highest BCUT2D eigenvalue weighted by Crippen LogP contribution is 2.29. The Morgan fingerprint density at radius 2 is 1.97 bits per heavy atom. The number of carbonyl (C=O) groups excluding carboxylic acids is 3. The van der Waals surface area contributed by atoms with E-state index in [2.05, 4.69) is 34.1 Å². The first-order chi connectivity index (χ1) is 14.6. The topological polar surface area (TPSA) is 90.5 Å². The van der Waals surface area contributed by atoms with Gasteiger partial charge in [0.1, 0.15) is 6.04 Å². The minimum absolute atomic E-state index is 0.137. The molecule has 1 fully saturated rings. The van der Waals surface area contributed by atoms with Gasteiger partial charge in [0.15, 0.2) is 0 Å². The minimum Gasteiger partial charge on any atom is -0.381 e. The highest BCUT2D eigenvalue weighted by atomic mass is 16.2. The number of nitrogens with zero attached hydrogens (tertiary/aromatic N) is 1. The Hall–Kier alpha value is -3.19. The zero-order valence-corrected chi connectivity index (χ0v) is 16.7. The van der Waals surface area contributed by atoms with Crippen LogP contribution in [0.2, 0.25) is 0 Å². The number of piperidine rings is 1. The maximum atomic E-state index is 12.8. The van der Waals surface area contributed by atoms with E-state index in [4.69, 9.17) is 0 Å². The Bertz CT molecular complexity index is 1050. The number of imide groups is 1. The number of fused-ring (bicyclic) bond motifs is 2. The molecule has 1 saturated heterocycles. The van der Waals surface area contributed by atoms with Gasteiger partial charge in [0.05, 0.1) is 0 Å². The van der Waals surface area contributed by atoms with Crippen molar-refractivity contribution in [1.29, 1.82) is 0 Å². The van der Waals surface area contributed by atoms with E-state index >= 15 is 0 Å². The number of nitrogens with one attached hydrogen (secondary N) is 3. The molecule has 0 saturated carbocycles. The molecule has 154 valence electrons. The van der Waals surface area contributed by atoms with Crippen LogP contribution in [0.5, 0.6) is 0 Å². The second-order valence-corrected chi connectivity index (χ2v) is 8.12. The standard InChI is InChI=1S/C23H24N4O3/c28-21-7-6-20(22(29)26-21)27-13-16-10-14(4-5-17(16)23(27)30)11-25-19-3-1-2-15-8-9-24-12-18(15)19/h1-5,10,20,24-25H,6-9,11-13H2,(H,26,28,29). The molecular weight excluding hydrogens is 380 g/mol. The third-order valence-electron chi connectivity index (χ3n) is 6.22. The summed E-state index contributed by atoms with van der Waals surface area (Å²) in [4.78, 5) is 38.0. The zero-order valence-electron chi connectivity index (χ0n) is 16.7. The normalized spacial score (nSPS) is 20.6. The van der Waals surface area contributed by atoms with Crippen LogP contribution in [0.15, 0.2) is 36.4 Å². The highest BCUT2D eigenvalue weighted by molar-refractivity contribution is 6.05. The number of anilines is 1. The molecule has 0 aliphatic carbocycles. The SMILES string of the molecule is O=C1CCC(N2Cc3cc(CNc4cccc5c4CNCC5)ccc3C2=O)C(=O)N1. The third kappa shape index (κ3) is 3.35. The predicted octanol–water partition coefficient (Wildman–Crippen LogP) is 1.71. The maximum Gasteiger partial charge on any atom is 0.255 e. The van der Waals surface area contributed by atoms with Crippen LogP contribution in [-0.4, -0.2) is 35.2 Å². The number of rotatable bonds is 4. The Morgan fingerprint density at radius 1 is 1.07 bits per heavy atom. The van der Waals surface area contributed by atoms with Gasteiger partial charge in [0, 0.05) is 37.3 Å². The quantitative estimate of drug-likeness (QED) is 0.675. The van der Waals surface area contributed by atoms with Crippen molar-refractivity contribution in [3.63, 3.8) is 0 Å². The van der Waals surface area contributed by atoms with Crippen LogP contribution in [0.1, 0.15) is 45.5 Å². The number of carbonyl (C=O) groups is 3. The van der Waals surface area contributed by atoms with Crippen molar-refractivity contribution in [3.8, 4) is 0 Å². The van der Waals surface area contributed by atoms with Gasteiger partial charge in [-0.05, 0) is 53.8 Å². The Balaban J connectivity index is 1.30. The lowest BCUT2D eigenvalue weighted by Crippen LogP contribution is -2.52. The summed E-state index contributed by atoms with van der Waals surface area (Å²) in [6.07, 6.45) is 1.69. The van der Waals surface area contributed by atoms with Crippen molar-refractivity contribution in [2.75, 3.05) is 11.9 Å². The Morgan fingerprint density at radius 3 is 2.83 bits per heavy atom. The minimum atomic E-state index is -0.576. The summed E-state index contributed by atoms with van der Waals surface area (Å²) in [7, 11) is 0. The van der Waals surface area contributed by atoms with Crippen LogP contribution in [0.3, 0.4) is 0 Å². The van der Waals surface area contributed by atoms with Gasteiger partial charge in [-0.3, -0.25) is 19.7 Å². The van der Waals surface area contributed by atoms with Gasteiger partial charge >= 0.3 is 0 Å². The summed E-state index contributed by atoms with van der Waals surface area (Å²) in [5.41, 5.74) is 6.52. The lowest BCUT2D eigenvalue weighted by Gasteiger charge is -2.29. The van der Waals surface area contributed by atoms with Crippen LogP contribution < -0.4 is 16.0 Å². The van der Waals surface area contributed by atoms with E-state index in [1.165, 1.54) is 11.1 Å². The summed E-state index contributed by atoms with van der Waals surface area (Å²) >= 11 is 0. The van der Waals surface area contributed by atoms with Gasteiger partial charge in [-0.25, -0.2) is 0 Å². The smallest absolute Gasteiger partial charge is 0.255 e. The van der Waals surface area contributed by atoms with Crippen molar-refractivity contribution in [1.82, 2.24) is 15.5 Å². The van der Waals surface area contributed by atoms with E-state index in [9.17, 15) is 14.4 Å². The zero-order chi connectivity index (χ0) is 20.7. The van der Waals surface area contributed by atoms with E-state index in [0.717, 1.165) is 36.3 Å². The van der Waals surface area contributed by atoms with Gasteiger partial charge in [-0.15, -0.1) is 0 Å². The van der Waals surface area contributed by atoms with E-state index in [1.54, 1.807) is 4.90 Å². The van der Waals surface area contributed by atoms with Gasteiger partial charge in [0.25, 0.3) is 5.91 Å². The summed E-state index contributed by atoms with van der Waals surface area (Å²) in [6, 6.07) is 11.7. The fraction of sp³-hybridized carbons (Fsp3) is 0.348. The van der Waals surface area contributed by atoms with E-state index in [0.29, 0.717) is 25.1 Å². The molecular formula is C23H24N4O3. The van der Waals surface area contributed by atoms with Crippen LogP contribution in [0.25, 0.3) is 0 Å². The van der Waals surface area contributed by atoms with Crippen molar-refractivity contribution in [2.24, 2.45) is 0 Å². The Labute approximate surface area is 174 Å². The molecule has 7 heteroatoms. The lowest BCUT2D eigenvalue weighted by atomic mass is 9.99. The second kappa shape index (κ2) is 7.57. The lowest BCUT2D eigenvalue weighted by molar-refractivity contribution is -0.136. The van der Waals surface area contributed by atoms with Crippen LogP contribution in [-0.2, 0) is 35.6 Å². The monoisotopic (exact) mass is 404 g/mol. The molecule has 0 aromatic heterocycles. The second-order valence-electron chi connectivity index (χ2n) is 8.12. The van der Waals surface area contributed by atoms with Gasteiger partial charge in [-0.2, -0.15) is 0 Å². The summed E-state index contributed by atoms with van der Waals surface area (Å²) in [5.74, 6) is -0.786. The number of benzene rings is 2. The largest absolute Gasteiger partial charge is 0.381 e. The fourth-order valence-electron chi connectivity index (χ4n) is 4.61. The first-order valence-corrected chi connectivity index (χ1v) is 10.4. The van der Waals surface area contributed by atoms with Crippen molar-refractivity contribution >= 4 is 23.4 Å². The number of hydrogen-bond donors (Lipinski definition) is 3.